The van der Waals surface area contributed by atoms with Crippen LogP contribution in [0.25, 0.3) is 0 Å². The summed E-state index contributed by atoms with van der Waals surface area (Å²) in [6, 6.07) is 8.20. The third kappa shape index (κ3) is 3.80. The summed E-state index contributed by atoms with van der Waals surface area (Å²) in [7, 11) is -2.85. The zero-order valence-electron chi connectivity index (χ0n) is 11.5. The Kier molecular flexibility index (Phi) is 4.63. The topological polar surface area (TPSA) is 60.2 Å². The molecule has 106 valence electrons. The summed E-state index contributed by atoms with van der Waals surface area (Å²) in [4.78, 5) is 0. The normalized spacial score (nSPS) is 23.4. The largest absolute Gasteiger partial charge is 0.324 e. The van der Waals surface area contributed by atoms with E-state index in [1.165, 1.54) is 18.4 Å². The van der Waals surface area contributed by atoms with Crippen LogP contribution in [0.15, 0.2) is 24.3 Å². The quantitative estimate of drug-likeness (QED) is 0.902. The molecule has 1 aromatic carbocycles. The Hall–Kier alpha value is -0.870. The summed E-state index contributed by atoms with van der Waals surface area (Å²) in [5.41, 5.74) is 8.60. The number of unbranched alkanes of at least 4 members (excludes halogenated alkanes) is 1. The molecule has 2 rings (SSSR count). The lowest BCUT2D eigenvalue weighted by atomic mass is 9.92. The summed E-state index contributed by atoms with van der Waals surface area (Å²) < 4.78 is 23.0. The standard InChI is InChI=1S/C15H23NO2S/c1-2-3-4-12-5-7-13(8-6-12)15(16)14-9-10-19(17,18)11-14/h5-8,14-15H,2-4,9-11,16H2,1H3. The molecular weight excluding hydrogens is 258 g/mol. The van der Waals surface area contributed by atoms with Crippen LogP contribution in [-0.2, 0) is 16.3 Å². The Morgan fingerprint density at radius 3 is 2.53 bits per heavy atom. The summed E-state index contributed by atoms with van der Waals surface area (Å²) in [6.45, 7) is 2.19. The van der Waals surface area contributed by atoms with Crippen LogP contribution in [0.3, 0.4) is 0 Å². The van der Waals surface area contributed by atoms with Crippen LogP contribution in [0.2, 0.25) is 0 Å². The molecule has 0 spiro atoms. The van der Waals surface area contributed by atoms with Crippen LogP contribution in [-0.4, -0.2) is 19.9 Å². The zero-order valence-corrected chi connectivity index (χ0v) is 12.3. The first-order valence-electron chi connectivity index (χ1n) is 7.06. The maximum Gasteiger partial charge on any atom is 0.150 e. The van der Waals surface area contributed by atoms with Gasteiger partial charge in [0.1, 0.15) is 0 Å². The Morgan fingerprint density at radius 1 is 1.32 bits per heavy atom. The maximum absolute atomic E-state index is 11.5. The highest BCUT2D eigenvalue weighted by Gasteiger charge is 2.32. The number of benzene rings is 1. The van der Waals surface area contributed by atoms with E-state index in [4.69, 9.17) is 5.73 Å². The second kappa shape index (κ2) is 6.06. The van der Waals surface area contributed by atoms with Crippen molar-refractivity contribution in [3.05, 3.63) is 35.4 Å². The smallest absolute Gasteiger partial charge is 0.150 e. The van der Waals surface area contributed by atoms with E-state index in [0.717, 1.165) is 12.0 Å². The molecule has 0 bridgehead atoms. The van der Waals surface area contributed by atoms with Gasteiger partial charge in [0.2, 0.25) is 0 Å². The lowest BCUT2D eigenvalue weighted by Gasteiger charge is -2.18. The molecular formula is C15H23NO2S. The van der Waals surface area contributed by atoms with Crippen molar-refractivity contribution in [2.24, 2.45) is 11.7 Å². The van der Waals surface area contributed by atoms with Crippen molar-refractivity contribution in [2.75, 3.05) is 11.5 Å². The summed E-state index contributed by atoms with van der Waals surface area (Å²) in [5, 5.41) is 0. The van der Waals surface area contributed by atoms with Crippen LogP contribution in [0.4, 0.5) is 0 Å². The molecule has 1 aliphatic heterocycles. The summed E-state index contributed by atoms with van der Waals surface area (Å²) in [6.07, 6.45) is 4.19. The molecule has 2 atom stereocenters. The second-order valence-electron chi connectivity index (χ2n) is 5.53. The van der Waals surface area contributed by atoms with E-state index in [9.17, 15) is 8.42 Å². The summed E-state index contributed by atoms with van der Waals surface area (Å²) >= 11 is 0. The van der Waals surface area contributed by atoms with Gasteiger partial charge in [-0.25, -0.2) is 8.42 Å². The lowest BCUT2D eigenvalue weighted by molar-refractivity contribution is 0.480. The van der Waals surface area contributed by atoms with E-state index in [0.29, 0.717) is 12.2 Å². The minimum atomic E-state index is -2.85. The molecule has 0 radical (unpaired) electrons. The van der Waals surface area contributed by atoms with E-state index in [2.05, 4.69) is 31.2 Å². The van der Waals surface area contributed by atoms with E-state index in [1.807, 2.05) is 0 Å². The number of hydrogen-bond donors (Lipinski definition) is 1. The molecule has 0 aliphatic carbocycles. The van der Waals surface area contributed by atoms with Crippen molar-refractivity contribution >= 4 is 9.84 Å². The van der Waals surface area contributed by atoms with Crippen molar-refractivity contribution < 1.29 is 8.42 Å². The number of hydrogen-bond acceptors (Lipinski definition) is 3. The van der Waals surface area contributed by atoms with E-state index in [1.54, 1.807) is 0 Å². The van der Waals surface area contributed by atoms with Gasteiger partial charge in [0.25, 0.3) is 0 Å². The Balaban J connectivity index is 2.01. The van der Waals surface area contributed by atoms with Gasteiger partial charge in [0.05, 0.1) is 11.5 Å². The minimum absolute atomic E-state index is 0.0755. The van der Waals surface area contributed by atoms with Crippen LogP contribution >= 0.6 is 0 Å². The molecule has 1 saturated heterocycles. The highest BCUT2D eigenvalue weighted by Crippen LogP contribution is 2.29. The predicted molar refractivity (Wildman–Crippen MR) is 78.7 cm³/mol. The molecule has 2 N–H and O–H groups in total. The molecule has 4 heteroatoms. The predicted octanol–water partition coefficient (Wildman–Crippen LogP) is 2.46. The van der Waals surface area contributed by atoms with Gasteiger partial charge in [-0.15, -0.1) is 0 Å². The fourth-order valence-corrected chi connectivity index (χ4v) is 4.52. The van der Waals surface area contributed by atoms with Gasteiger partial charge in [0.15, 0.2) is 9.84 Å². The SMILES string of the molecule is CCCCc1ccc(C(N)C2CCS(=O)(=O)C2)cc1. The van der Waals surface area contributed by atoms with Gasteiger partial charge in [-0.1, -0.05) is 37.6 Å². The Morgan fingerprint density at radius 2 is 2.00 bits per heavy atom. The highest BCUT2D eigenvalue weighted by molar-refractivity contribution is 7.91. The zero-order chi connectivity index (χ0) is 13.9. The summed E-state index contributed by atoms with van der Waals surface area (Å²) in [5.74, 6) is 0.609. The van der Waals surface area contributed by atoms with Crippen LogP contribution < -0.4 is 5.73 Å². The Bertz CT molecular complexity index is 507. The molecule has 3 nitrogen and oxygen atoms in total. The van der Waals surface area contributed by atoms with Crippen molar-refractivity contribution in [3.63, 3.8) is 0 Å². The first kappa shape index (κ1) is 14.5. The highest BCUT2D eigenvalue weighted by atomic mass is 32.2. The molecule has 2 unspecified atom stereocenters. The van der Waals surface area contributed by atoms with Crippen molar-refractivity contribution in [3.8, 4) is 0 Å². The molecule has 1 fully saturated rings. The Labute approximate surface area is 116 Å². The fraction of sp³-hybridized carbons (Fsp3) is 0.600. The number of rotatable bonds is 5. The van der Waals surface area contributed by atoms with Gasteiger partial charge >= 0.3 is 0 Å². The average Bonchev–Trinajstić information content (AvgIpc) is 2.76. The number of aryl methyl sites for hydroxylation is 1. The molecule has 19 heavy (non-hydrogen) atoms. The van der Waals surface area contributed by atoms with Gasteiger partial charge < -0.3 is 5.73 Å². The first-order chi connectivity index (χ1) is 9.02. The molecule has 1 heterocycles. The van der Waals surface area contributed by atoms with E-state index < -0.39 is 9.84 Å². The minimum Gasteiger partial charge on any atom is -0.324 e. The van der Waals surface area contributed by atoms with Crippen molar-refractivity contribution in [1.82, 2.24) is 0 Å². The van der Waals surface area contributed by atoms with Gasteiger partial charge in [0, 0.05) is 6.04 Å². The second-order valence-corrected chi connectivity index (χ2v) is 7.76. The fourth-order valence-electron chi connectivity index (χ4n) is 2.67. The molecule has 1 aromatic rings. The van der Waals surface area contributed by atoms with Crippen LogP contribution in [0.5, 0.6) is 0 Å². The third-order valence-electron chi connectivity index (χ3n) is 3.96. The van der Waals surface area contributed by atoms with Gasteiger partial charge in [-0.2, -0.15) is 0 Å². The van der Waals surface area contributed by atoms with Crippen molar-refractivity contribution in [1.29, 1.82) is 0 Å². The lowest BCUT2D eigenvalue weighted by Crippen LogP contribution is -2.22. The van der Waals surface area contributed by atoms with Crippen LogP contribution in [0, 0.1) is 5.92 Å². The molecule has 0 amide bonds. The van der Waals surface area contributed by atoms with Gasteiger partial charge in [-0.3, -0.25) is 0 Å². The number of nitrogens with two attached hydrogens (primary N) is 1. The maximum atomic E-state index is 11.5. The number of sulfone groups is 1. The van der Waals surface area contributed by atoms with Gasteiger partial charge in [-0.05, 0) is 36.3 Å². The van der Waals surface area contributed by atoms with E-state index >= 15 is 0 Å². The monoisotopic (exact) mass is 281 g/mol. The van der Waals surface area contributed by atoms with Crippen LogP contribution in [0.1, 0.15) is 43.4 Å². The average molecular weight is 281 g/mol. The molecule has 0 saturated carbocycles. The molecule has 1 aliphatic rings. The van der Waals surface area contributed by atoms with Crippen molar-refractivity contribution in [2.45, 2.75) is 38.6 Å². The third-order valence-corrected chi connectivity index (χ3v) is 5.75. The molecule has 0 aromatic heterocycles. The first-order valence-corrected chi connectivity index (χ1v) is 8.89. The van der Waals surface area contributed by atoms with E-state index in [-0.39, 0.29) is 17.7 Å².